The first-order valence-corrected chi connectivity index (χ1v) is 32.2. The van der Waals surface area contributed by atoms with Gasteiger partial charge in [0.25, 0.3) is 0 Å². The Kier molecular flexibility index (Phi) is 39.2. The number of para-hydroxylation sites is 1. The Hall–Kier alpha value is -5.86. The number of aliphatic hydroxyl groups excluding tert-OH is 2. The second-order valence-electron chi connectivity index (χ2n) is 21.8. The number of carbonyl (C=O) groups excluding carboxylic acids is 11. The lowest BCUT2D eigenvalue weighted by Gasteiger charge is -2.29. The second-order valence-corrected chi connectivity index (χ2v) is 23.8. The van der Waals surface area contributed by atoms with E-state index in [1.165, 1.54) is 19.9 Å². The third-order valence-electron chi connectivity index (χ3n) is 14.0. The Labute approximate surface area is 546 Å². The molecule has 2 aromatic carbocycles. The summed E-state index contributed by atoms with van der Waals surface area (Å²) in [7, 11) is 10.7. The lowest BCUT2D eigenvalue weighted by molar-refractivity contribution is -0.136. The number of hydrogen-bond donors (Lipinski definition) is 19. The predicted octanol–water partition coefficient (Wildman–Crippen LogP) is -2.91. The molecular weight excluding hydrogens is 1280 g/mol. The van der Waals surface area contributed by atoms with E-state index in [4.69, 9.17) is 11.6 Å². The molecular formula is C56H96ClN17O13P4. The van der Waals surface area contributed by atoms with Crippen LogP contribution in [-0.4, -0.2) is 194 Å². The predicted molar refractivity (Wildman–Crippen MR) is 360 cm³/mol. The van der Waals surface area contributed by atoms with Crippen molar-refractivity contribution in [2.45, 2.75) is 159 Å². The van der Waals surface area contributed by atoms with Gasteiger partial charge in [0.05, 0.1) is 22.9 Å². The van der Waals surface area contributed by atoms with Crippen LogP contribution in [0.15, 0.2) is 54.6 Å². The molecule has 1 aliphatic heterocycles. The maximum Gasteiger partial charge on any atom is 0.319 e. The van der Waals surface area contributed by atoms with Gasteiger partial charge in [-0.15, -0.1) is 0 Å². The SMILES string of the molecule is C.CNCCC1NC(=O)C(CC(C)C)NC(=O)C(Cc2ccccc2)NC(=O)C(CCNP)NC(=O)C(NC(=O)C(CCNP)NC(=O)C(NC(=O)C(CCNP)NC(=O)Nc2ccccc2Cl)C(C)O)CCNC(=O)C(C(C)O)NC(=O)C(CCNP)NC1=O. The number of aliphatic hydroxyl groups is 2. The van der Waals surface area contributed by atoms with E-state index in [1.54, 1.807) is 55.6 Å². The fraction of sp³-hybridized carbons (Fsp3) is 0.589. The topological polar surface area (TPSA) is 433 Å². The summed E-state index contributed by atoms with van der Waals surface area (Å²) in [5.74, 6) is -9.17. The molecule has 16 atom stereocenters. The van der Waals surface area contributed by atoms with Crippen LogP contribution in [0.3, 0.4) is 0 Å². The average Bonchev–Trinajstić information content (AvgIpc) is 1.72. The van der Waals surface area contributed by atoms with Gasteiger partial charge in [-0.1, -0.05) is 113 Å². The normalized spacial score (nSPS) is 21.6. The van der Waals surface area contributed by atoms with Gasteiger partial charge in [0.15, 0.2) is 0 Å². The highest BCUT2D eigenvalue weighted by molar-refractivity contribution is 7.14. The zero-order valence-electron chi connectivity index (χ0n) is 51.2. The van der Waals surface area contributed by atoms with Gasteiger partial charge in [0.2, 0.25) is 59.1 Å². The molecule has 510 valence electrons. The number of benzene rings is 2. The minimum absolute atomic E-state index is 0. The highest BCUT2D eigenvalue weighted by atomic mass is 35.5. The number of carbonyl (C=O) groups is 11. The lowest BCUT2D eigenvalue weighted by Crippen LogP contribution is -2.62. The Morgan fingerprint density at radius 1 is 0.571 bits per heavy atom. The monoisotopic (exact) mass is 1370 g/mol. The molecule has 12 amide bonds. The van der Waals surface area contributed by atoms with E-state index >= 15 is 0 Å². The number of nitrogens with one attached hydrogen (secondary N) is 17. The standard InChI is InChI=1S/C55H92ClN17O13P4.CH4/c1-29(2)27-41-51(82)66-35(15-21-57-5)45(76)65-39(19-25-61-89)49(80)72-43(30(3)74)53(84)58-22-16-36(46(77)64-37(17-23-59-87)48(79)69-42(52(83)68-41)28-32-11-7-6-8-12-32)63-47(78)38(18-24-60-88)67-54(85)44(31(4)75)73-50(81)40(20-26-62-90)71-55(86)70-34-14-10-9-13-33(34)56;/h6-14,29-31,35-44,57,59-62,74-75H,15-28,87-90H2,1-5H3,(H,58,84)(H,63,78)(H,64,77)(H,65,76)(H,66,82)(H,67,85)(H,68,83)(H,69,79)(H,72,80)(H,73,81)(H2,70,71,86);1H4. The summed E-state index contributed by atoms with van der Waals surface area (Å²) in [4.78, 5) is 156. The fourth-order valence-corrected chi connectivity index (χ4v) is 9.97. The molecule has 1 heterocycles. The van der Waals surface area contributed by atoms with Gasteiger partial charge in [-0.25, -0.2) is 4.79 Å². The smallest absolute Gasteiger partial charge is 0.319 e. The number of urea groups is 1. The molecule has 0 bridgehead atoms. The average molecular weight is 1370 g/mol. The van der Waals surface area contributed by atoms with Crippen molar-refractivity contribution in [2.24, 2.45) is 5.92 Å². The molecule has 0 saturated carbocycles. The summed E-state index contributed by atoms with van der Waals surface area (Å²) in [6.07, 6.45) is -3.93. The van der Waals surface area contributed by atoms with Crippen LogP contribution in [-0.2, 0) is 54.4 Å². The molecule has 1 fully saturated rings. The van der Waals surface area contributed by atoms with Crippen LogP contribution >= 0.6 is 49.2 Å². The molecule has 1 aliphatic rings. The van der Waals surface area contributed by atoms with Crippen LogP contribution < -0.4 is 89.5 Å². The summed E-state index contributed by atoms with van der Waals surface area (Å²) in [5.41, 5.74) is 0.851. The molecule has 0 radical (unpaired) electrons. The van der Waals surface area contributed by atoms with Crippen molar-refractivity contribution < 1.29 is 63.0 Å². The first-order chi connectivity index (χ1) is 42.9. The molecule has 91 heavy (non-hydrogen) atoms. The Morgan fingerprint density at radius 2 is 1.05 bits per heavy atom. The number of halogens is 1. The van der Waals surface area contributed by atoms with E-state index in [-0.39, 0.29) is 102 Å². The maximum atomic E-state index is 14.8. The Morgan fingerprint density at radius 3 is 1.58 bits per heavy atom. The van der Waals surface area contributed by atoms with E-state index < -0.39 is 151 Å². The highest BCUT2D eigenvalue weighted by Gasteiger charge is 2.38. The fourth-order valence-electron chi connectivity index (χ4n) is 9.12. The lowest BCUT2D eigenvalue weighted by atomic mass is 10.00. The second kappa shape index (κ2) is 43.9. The molecule has 3 rings (SSSR count). The van der Waals surface area contributed by atoms with Crippen molar-refractivity contribution in [3.05, 3.63) is 65.2 Å². The van der Waals surface area contributed by atoms with Gasteiger partial charge < -0.3 is 99.7 Å². The molecule has 0 aromatic heterocycles. The van der Waals surface area contributed by atoms with Crippen LogP contribution in [0.5, 0.6) is 0 Å². The van der Waals surface area contributed by atoms with Gasteiger partial charge in [0.1, 0.15) is 60.4 Å². The van der Waals surface area contributed by atoms with Crippen molar-refractivity contribution >= 4 is 120 Å². The van der Waals surface area contributed by atoms with Gasteiger partial charge >= 0.3 is 6.03 Å². The molecule has 19 N–H and O–H groups in total. The molecule has 2 aromatic rings. The van der Waals surface area contributed by atoms with E-state index in [2.05, 4.69) is 127 Å². The Balaban J connectivity index is 0.0000282. The third kappa shape index (κ3) is 29.3. The molecule has 35 heteroatoms. The van der Waals surface area contributed by atoms with Crippen LogP contribution in [0.25, 0.3) is 0 Å². The van der Waals surface area contributed by atoms with Gasteiger partial charge in [-0.2, -0.15) is 0 Å². The van der Waals surface area contributed by atoms with Crippen molar-refractivity contribution in [3.63, 3.8) is 0 Å². The number of hydrogen-bond acceptors (Lipinski definition) is 18. The van der Waals surface area contributed by atoms with Crippen molar-refractivity contribution in [3.8, 4) is 0 Å². The summed E-state index contributed by atoms with van der Waals surface area (Å²) >= 11 is 6.22. The van der Waals surface area contributed by atoms with Crippen LogP contribution in [0, 0.1) is 5.92 Å². The largest absolute Gasteiger partial charge is 0.391 e. The van der Waals surface area contributed by atoms with Crippen LogP contribution in [0.1, 0.15) is 85.6 Å². The summed E-state index contributed by atoms with van der Waals surface area (Å²) < 4.78 is 0. The van der Waals surface area contributed by atoms with Crippen LogP contribution in [0.4, 0.5) is 10.5 Å². The molecule has 30 nitrogen and oxygen atoms in total. The summed E-state index contributed by atoms with van der Waals surface area (Å²) in [6, 6.07) is -0.372. The minimum atomic E-state index is -1.73. The zero-order valence-corrected chi connectivity index (χ0v) is 56.5. The molecule has 0 aliphatic carbocycles. The zero-order chi connectivity index (χ0) is 66.9. The van der Waals surface area contributed by atoms with E-state index in [0.29, 0.717) is 5.56 Å². The van der Waals surface area contributed by atoms with E-state index in [9.17, 15) is 63.0 Å². The number of amides is 12. The number of rotatable bonds is 29. The Bertz CT molecular complexity index is 2680. The quantitative estimate of drug-likeness (QED) is 0.0363. The van der Waals surface area contributed by atoms with Crippen molar-refractivity contribution in [2.75, 3.05) is 51.6 Å². The van der Waals surface area contributed by atoms with Crippen LogP contribution in [0.2, 0.25) is 5.02 Å². The van der Waals surface area contributed by atoms with Crippen molar-refractivity contribution in [1.82, 2.24) is 84.2 Å². The van der Waals surface area contributed by atoms with Gasteiger partial charge in [-0.05, 0) is 96.0 Å². The number of anilines is 1. The highest BCUT2D eigenvalue weighted by Crippen LogP contribution is 2.20. The molecule has 0 spiro atoms. The summed E-state index contributed by atoms with van der Waals surface area (Å²) in [6.45, 7) is 6.31. The minimum Gasteiger partial charge on any atom is -0.391 e. The maximum absolute atomic E-state index is 14.8. The molecule has 16 unspecified atom stereocenters. The third-order valence-corrected chi connectivity index (χ3v) is 15.5. The van der Waals surface area contributed by atoms with Gasteiger partial charge in [0, 0.05) is 39.1 Å². The first kappa shape index (κ1) is 81.2. The molecule has 1 saturated heterocycles. The van der Waals surface area contributed by atoms with E-state index in [1.807, 2.05) is 13.8 Å². The van der Waals surface area contributed by atoms with Gasteiger partial charge in [-0.3, -0.25) is 47.9 Å². The first-order valence-electron chi connectivity index (χ1n) is 29.5. The summed E-state index contributed by atoms with van der Waals surface area (Å²) in [5, 5.41) is 67.6. The van der Waals surface area contributed by atoms with E-state index in [0.717, 1.165) is 0 Å². The van der Waals surface area contributed by atoms with Crippen molar-refractivity contribution in [1.29, 1.82) is 0 Å².